The van der Waals surface area contributed by atoms with Crippen molar-refractivity contribution in [2.75, 3.05) is 11.5 Å². The molecule has 3 N–H and O–H groups in total. The number of hydrogen-bond donors (Lipinski definition) is 3. The van der Waals surface area contributed by atoms with Gasteiger partial charge >= 0.3 is 0 Å². The number of aromatic hydroxyl groups is 2. The molecular weight excluding hydrogens is 174 g/mol. The highest BCUT2D eigenvalue weighted by molar-refractivity contribution is 7.99. The third-order valence-corrected chi connectivity index (χ3v) is 4.05. The lowest BCUT2D eigenvalue weighted by atomic mass is 9.72. The summed E-state index contributed by atoms with van der Waals surface area (Å²) in [6.07, 6.45) is 0. The van der Waals surface area contributed by atoms with Gasteiger partial charge in [0.25, 0.3) is 0 Å². The maximum absolute atomic E-state index is 9.39. The van der Waals surface area contributed by atoms with Crippen molar-refractivity contribution in [1.82, 2.24) is 4.98 Å². The highest BCUT2D eigenvalue weighted by Gasteiger charge is 2.47. The molecule has 0 bridgehead atoms. The molecule has 1 aromatic rings. The van der Waals surface area contributed by atoms with Gasteiger partial charge in [0.1, 0.15) is 0 Å². The molecule has 3 rings (SSSR count). The molecule has 2 heterocycles. The Morgan fingerprint density at radius 1 is 1.08 bits per heavy atom. The van der Waals surface area contributed by atoms with E-state index in [0.717, 1.165) is 22.6 Å². The first kappa shape index (κ1) is 6.71. The summed E-state index contributed by atoms with van der Waals surface area (Å²) in [5.41, 5.74) is 1.92. The number of aromatic amines is 1. The van der Waals surface area contributed by atoms with Crippen LogP contribution in [0.3, 0.4) is 0 Å². The van der Waals surface area contributed by atoms with E-state index in [1.54, 1.807) is 0 Å². The molecule has 3 nitrogen and oxygen atoms in total. The van der Waals surface area contributed by atoms with Crippen molar-refractivity contribution in [2.45, 2.75) is 11.8 Å². The van der Waals surface area contributed by atoms with Crippen molar-refractivity contribution < 1.29 is 10.2 Å². The van der Waals surface area contributed by atoms with E-state index in [0.29, 0.717) is 11.8 Å². The molecule has 4 heteroatoms. The maximum atomic E-state index is 9.39. The normalized spacial score (nSPS) is 31.0. The highest BCUT2D eigenvalue weighted by atomic mass is 32.2. The Balaban J connectivity index is 2.18. The Kier molecular flexibility index (Phi) is 1.08. The number of rotatable bonds is 0. The van der Waals surface area contributed by atoms with Crippen molar-refractivity contribution in [1.29, 1.82) is 0 Å². The Morgan fingerprint density at radius 3 is 2.08 bits per heavy atom. The molecule has 12 heavy (non-hydrogen) atoms. The molecule has 0 saturated carbocycles. The van der Waals surface area contributed by atoms with E-state index in [2.05, 4.69) is 4.98 Å². The Labute approximate surface area is 73.8 Å². The van der Waals surface area contributed by atoms with Crippen molar-refractivity contribution >= 4 is 11.8 Å². The first-order valence-electron chi connectivity index (χ1n) is 4.00. The van der Waals surface area contributed by atoms with E-state index in [4.69, 9.17) is 0 Å². The molecule has 1 aromatic heterocycles. The van der Waals surface area contributed by atoms with Gasteiger partial charge in [0.05, 0.1) is 0 Å². The summed E-state index contributed by atoms with van der Waals surface area (Å²) in [6, 6.07) is 0. The molecule has 2 aliphatic rings. The molecule has 0 spiro atoms. The minimum absolute atomic E-state index is 0.172. The number of fused-ring (bicyclic) bond motifs is 4. The van der Waals surface area contributed by atoms with Crippen LogP contribution in [0.5, 0.6) is 11.8 Å². The predicted molar refractivity (Wildman–Crippen MR) is 46.9 cm³/mol. The molecular formula is C8H9NO2S. The third-order valence-electron chi connectivity index (χ3n) is 2.86. The van der Waals surface area contributed by atoms with Crippen LogP contribution in [0, 0.1) is 0 Å². The Hall–Kier alpha value is -0.770. The summed E-state index contributed by atoms with van der Waals surface area (Å²) in [7, 11) is 0. The second kappa shape index (κ2) is 1.93. The number of H-pyrrole nitrogens is 1. The molecule has 64 valence electrons. The Morgan fingerprint density at radius 2 is 1.58 bits per heavy atom. The van der Waals surface area contributed by atoms with E-state index < -0.39 is 0 Å². The molecule has 1 aliphatic heterocycles. The Bertz CT molecular complexity index is 317. The van der Waals surface area contributed by atoms with Crippen LogP contribution in [0.4, 0.5) is 0 Å². The summed E-state index contributed by atoms with van der Waals surface area (Å²) in [6.45, 7) is 0. The zero-order chi connectivity index (χ0) is 8.29. The SMILES string of the molecule is Oc1[nH]c(O)c2c1C1CSCC21. The van der Waals surface area contributed by atoms with Crippen LogP contribution in [-0.2, 0) is 0 Å². The summed E-state index contributed by atoms with van der Waals surface area (Å²) in [5, 5.41) is 18.8. The zero-order valence-electron chi connectivity index (χ0n) is 6.37. The van der Waals surface area contributed by atoms with E-state index >= 15 is 0 Å². The van der Waals surface area contributed by atoms with Gasteiger partial charge in [0.15, 0.2) is 11.8 Å². The fourth-order valence-electron chi connectivity index (χ4n) is 2.28. The van der Waals surface area contributed by atoms with E-state index in [-0.39, 0.29) is 11.8 Å². The molecule has 1 aliphatic carbocycles. The van der Waals surface area contributed by atoms with Crippen LogP contribution in [0.25, 0.3) is 0 Å². The van der Waals surface area contributed by atoms with Gasteiger partial charge in [-0.05, 0) is 0 Å². The first-order chi connectivity index (χ1) is 5.79. The van der Waals surface area contributed by atoms with Gasteiger partial charge in [-0.1, -0.05) is 0 Å². The van der Waals surface area contributed by atoms with Crippen molar-refractivity contribution in [3.05, 3.63) is 11.1 Å². The highest BCUT2D eigenvalue weighted by Crippen LogP contribution is 2.60. The lowest BCUT2D eigenvalue weighted by Crippen LogP contribution is -2.20. The van der Waals surface area contributed by atoms with Crippen LogP contribution in [0.1, 0.15) is 23.0 Å². The van der Waals surface area contributed by atoms with Crippen LogP contribution in [0.2, 0.25) is 0 Å². The monoisotopic (exact) mass is 183 g/mol. The average molecular weight is 183 g/mol. The number of nitrogens with one attached hydrogen (secondary N) is 1. The topological polar surface area (TPSA) is 56.2 Å². The summed E-state index contributed by atoms with van der Waals surface area (Å²) < 4.78 is 0. The fourth-order valence-corrected chi connectivity index (χ4v) is 3.72. The third kappa shape index (κ3) is 0.566. The van der Waals surface area contributed by atoms with Crippen molar-refractivity contribution in [2.24, 2.45) is 0 Å². The number of aromatic nitrogens is 1. The van der Waals surface area contributed by atoms with Gasteiger partial charge < -0.3 is 10.2 Å². The average Bonchev–Trinajstić information content (AvgIpc) is 2.41. The van der Waals surface area contributed by atoms with E-state index in [1.807, 2.05) is 11.8 Å². The molecule has 0 aromatic carbocycles. The van der Waals surface area contributed by atoms with Gasteiger partial charge in [-0.25, -0.2) is 0 Å². The maximum Gasteiger partial charge on any atom is 0.195 e. The lowest BCUT2D eigenvalue weighted by molar-refractivity contribution is 0.424. The van der Waals surface area contributed by atoms with Gasteiger partial charge in [-0.15, -0.1) is 0 Å². The largest absolute Gasteiger partial charge is 0.494 e. The number of thioether (sulfide) groups is 1. The predicted octanol–water partition coefficient (Wildman–Crippen LogP) is 1.35. The van der Waals surface area contributed by atoms with Crippen molar-refractivity contribution in [3.8, 4) is 11.8 Å². The molecule has 0 amide bonds. The minimum atomic E-state index is 0.172. The van der Waals surface area contributed by atoms with Crippen LogP contribution < -0.4 is 0 Å². The van der Waals surface area contributed by atoms with Crippen LogP contribution >= 0.6 is 11.8 Å². The minimum Gasteiger partial charge on any atom is -0.494 e. The smallest absolute Gasteiger partial charge is 0.195 e. The quantitative estimate of drug-likeness (QED) is 0.569. The van der Waals surface area contributed by atoms with E-state index in [9.17, 15) is 10.2 Å². The lowest BCUT2D eigenvalue weighted by Gasteiger charge is -2.29. The van der Waals surface area contributed by atoms with Gasteiger partial charge in [0.2, 0.25) is 0 Å². The molecule has 2 unspecified atom stereocenters. The molecule has 2 atom stereocenters. The van der Waals surface area contributed by atoms with Gasteiger partial charge in [-0.2, -0.15) is 11.8 Å². The molecule has 1 saturated heterocycles. The standard InChI is InChI=1S/C8H9NO2S/c10-7-5-3-1-12-2-4(3)6(5)8(11)9-7/h3-4,9-11H,1-2H2. The number of hydrogen-bond acceptors (Lipinski definition) is 3. The summed E-state index contributed by atoms with van der Waals surface area (Å²) >= 11 is 1.90. The van der Waals surface area contributed by atoms with E-state index in [1.165, 1.54) is 0 Å². The van der Waals surface area contributed by atoms with Gasteiger partial charge in [-0.3, -0.25) is 4.98 Å². The molecule has 0 radical (unpaired) electrons. The summed E-state index contributed by atoms with van der Waals surface area (Å²) in [4.78, 5) is 2.57. The fraction of sp³-hybridized carbons (Fsp3) is 0.500. The van der Waals surface area contributed by atoms with Crippen LogP contribution in [0.15, 0.2) is 0 Å². The second-order valence-corrected chi connectivity index (χ2v) is 4.47. The zero-order valence-corrected chi connectivity index (χ0v) is 7.19. The van der Waals surface area contributed by atoms with Crippen LogP contribution in [-0.4, -0.2) is 26.7 Å². The second-order valence-electron chi connectivity index (χ2n) is 3.40. The van der Waals surface area contributed by atoms with Crippen molar-refractivity contribution in [3.63, 3.8) is 0 Å². The first-order valence-corrected chi connectivity index (χ1v) is 5.16. The summed E-state index contributed by atoms with van der Waals surface area (Å²) in [5.74, 6) is 3.49. The molecule has 1 fully saturated rings. The van der Waals surface area contributed by atoms with Gasteiger partial charge in [0, 0.05) is 34.5 Å².